The number of rotatable bonds is 3. The van der Waals surface area contributed by atoms with Crippen molar-refractivity contribution in [3.63, 3.8) is 0 Å². The quantitative estimate of drug-likeness (QED) is 0.866. The van der Waals surface area contributed by atoms with Crippen LogP contribution in [0.15, 0.2) is 6.20 Å². The maximum Gasteiger partial charge on any atom is 0.163 e. The van der Waals surface area contributed by atoms with E-state index in [4.69, 9.17) is 9.47 Å². The van der Waals surface area contributed by atoms with Gasteiger partial charge in [0.05, 0.1) is 18.0 Å². The van der Waals surface area contributed by atoms with Gasteiger partial charge in [-0.1, -0.05) is 0 Å². The lowest BCUT2D eigenvalue weighted by Crippen LogP contribution is -2.26. The maximum absolute atomic E-state index is 5.71. The number of hydrogen-bond acceptors (Lipinski definition) is 5. The van der Waals surface area contributed by atoms with Gasteiger partial charge < -0.3 is 14.8 Å². The van der Waals surface area contributed by atoms with Crippen LogP contribution in [0.3, 0.4) is 0 Å². The number of aryl methyl sites for hydroxylation is 2. The molecule has 1 aliphatic rings. The highest BCUT2D eigenvalue weighted by Crippen LogP contribution is 2.22. The first-order valence-corrected chi connectivity index (χ1v) is 5.82. The highest BCUT2D eigenvalue weighted by Gasteiger charge is 2.32. The molecule has 2 heterocycles. The summed E-state index contributed by atoms with van der Waals surface area (Å²) in [4.78, 5) is 8.66. The van der Waals surface area contributed by atoms with Crippen LogP contribution in [0.5, 0.6) is 0 Å². The first-order chi connectivity index (χ1) is 7.96. The third-order valence-electron chi connectivity index (χ3n) is 2.64. The molecule has 5 heteroatoms. The van der Waals surface area contributed by atoms with E-state index in [0.717, 1.165) is 17.2 Å². The minimum atomic E-state index is -0.473. The van der Waals surface area contributed by atoms with Gasteiger partial charge >= 0.3 is 0 Å². The molecule has 5 nitrogen and oxygen atoms in total. The number of hydrogen-bond donors (Lipinski definition) is 1. The second-order valence-electron chi connectivity index (χ2n) is 4.78. The second kappa shape index (κ2) is 4.58. The van der Waals surface area contributed by atoms with Crippen LogP contribution in [0, 0.1) is 13.8 Å². The zero-order chi connectivity index (χ0) is 12.5. The van der Waals surface area contributed by atoms with Gasteiger partial charge in [-0.15, -0.1) is 0 Å². The number of nitrogens with one attached hydrogen (secondary N) is 1. The standard InChI is InChI=1S/C12H19N3O2/c1-8-5-13-9(2)11(15-8)14-6-10-7-16-12(3,4)17-10/h5,10H,6-7H2,1-4H3,(H,14,15). The first-order valence-electron chi connectivity index (χ1n) is 5.82. The van der Waals surface area contributed by atoms with E-state index in [9.17, 15) is 0 Å². The Morgan fingerprint density at radius 1 is 1.47 bits per heavy atom. The summed E-state index contributed by atoms with van der Waals surface area (Å²) in [6.45, 7) is 9.00. The average Bonchev–Trinajstić information content (AvgIpc) is 2.60. The Kier molecular flexibility index (Phi) is 3.31. The minimum absolute atomic E-state index is 0.0618. The lowest BCUT2D eigenvalue weighted by molar-refractivity contribution is -0.136. The van der Waals surface area contributed by atoms with Gasteiger partial charge in [-0.2, -0.15) is 0 Å². The molecule has 1 atom stereocenters. The predicted octanol–water partition coefficient (Wildman–Crippen LogP) is 1.66. The van der Waals surface area contributed by atoms with Crippen LogP contribution in [0.25, 0.3) is 0 Å². The summed E-state index contributed by atoms with van der Waals surface area (Å²) in [7, 11) is 0. The zero-order valence-corrected chi connectivity index (χ0v) is 10.8. The Morgan fingerprint density at radius 3 is 2.88 bits per heavy atom. The normalized spacial score (nSPS) is 22.7. The molecule has 1 aromatic rings. The van der Waals surface area contributed by atoms with E-state index >= 15 is 0 Å². The fraction of sp³-hybridized carbons (Fsp3) is 0.667. The van der Waals surface area contributed by atoms with Gasteiger partial charge in [0, 0.05) is 12.7 Å². The van der Waals surface area contributed by atoms with Crippen LogP contribution in [-0.2, 0) is 9.47 Å². The van der Waals surface area contributed by atoms with E-state index in [1.54, 1.807) is 6.20 Å². The molecule has 1 fully saturated rings. The lowest BCUT2D eigenvalue weighted by atomic mass is 10.3. The van der Waals surface area contributed by atoms with E-state index in [1.165, 1.54) is 0 Å². The minimum Gasteiger partial charge on any atom is -0.366 e. The zero-order valence-electron chi connectivity index (χ0n) is 10.8. The molecule has 17 heavy (non-hydrogen) atoms. The predicted molar refractivity (Wildman–Crippen MR) is 64.9 cm³/mol. The Hall–Kier alpha value is -1.20. The fourth-order valence-corrected chi connectivity index (χ4v) is 1.78. The molecular weight excluding hydrogens is 218 g/mol. The third kappa shape index (κ3) is 3.14. The summed E-state index contributed by atoms with van der Waals surface area (Å²) >= 11 is 0. The number of aromatic nitrogens is 2. The Morgan fingerprint density at radius 2 is 2.24 bits per heavy atom. The lowest BCUT2D eigenvalue weighted by Gasteiger charge is -2.17. The summed E-state index contributed by atoms with van der Waals surface area (Å²) in [6.07, 6.45) is 1.82. The van der Waals surface area contributed by atoms with Crippen molar-refractivity contribution < 1.29 is 9.47 Å². The summed E-state index contributed by atoms with van der Waals surface area (Å²) < 4.78 is 11.2. The number of ether oxygens (including phenoxy) is 2. The molecule has 1 aromatic heterocycles. The molecule has 0 saturated carbocycles. The summed E-state index contributed by atoms with van der Waals surface area (Å²) in [6, 6.07) is 0. The third-order valence-corrected chi connectivity index (χ3v) is 2.64. The Balaban J connectivity index is 1.92. The fourth-order valence-electron chi connectivity index (χ4n) is 1.78. The SMILES string of the molecule is Cc1cnc(C)c(NCC2COC(C)(C)O2)n1. The van der Waals surface area contributed by atoms with Crippen molar-refractivity contribution in [3.8, 4) is 0 Å². The second-order valence-corrected chi connectivity index (χ2v) is 4.78. The van der Waals surface area contributed by atoms with Crippen molar-refractivity contribution in [1.29, 1.82) is 0 Å². The smallest absolute Gasteiger partial charge is 0.163 e. The summed E-state index contributed by atoms with van der Waals surface area (Å²) in [5.74, 6) is 0.345. The van der Waals surface area contributed by atoms with Gasteiger partial charge in [0.15, 0.2) is 5.79 Å². The Bertz CT molecular complexity index is 407. The van der Waals surface area contributed by atoms with E-state index in [2.05, 4.69) is 15.3 Å². The molecule has 94 valence electrons. The molecule has 0 spiro atoms. The molecule has 1 N–H and O–H groups in total. The van der Waals surface area contributed by atoms with Crippen LogP contribution in [0.2, 0.25) is 0 Å². The Labute approximate surface area is 102 Å². The van der Waals surface area contributed by atoms with E-state index in [0.29, 0.717) is 13.2 Å². The van der Waals surface area contributed by atoms with Crippen LogP contribution >= 0.6 is 0 Å². The molecule has 0 amide bonds. The van der Waals surface area contributed by atoms with Gasteiger partial charge in [0.1, 0.15) is 11.9 Å². The maximum atomic E-state index is 5.71. The van der Waals surface area contributed by atoms with Crippen molar-refractivity contribution in [2.24, 2.45) is 0 Å². The molecule has 0 aromatic carbocycles. The van der Waals surface area contributed by atoms with Crippen molar-refractivity contribution in [2.75, 3.05) is 18.5 Å². The molecule has 1 unspecified atom stereocenters. The molecule has 0 radical (unpaired) electrons. The van der Waals surface area contributed by atoms with Gasteiger partial charge in [0.2, 0.25) is 0 Å². The molecule has 2 rings (SSSR count). The van der Waals surface area contributed by atoms with Gasteiger partial charge in [-0.3, -0.25) is 4.98 Å². The highest BCUT2D eigenvalue weighted by molar-refractivity contribution is 5.39. The largest absolute Gasteiger partial charge is 0.366 e. The van der Waals surface area contributed by atoms with Crippen molar-refractivity contribution in [2.45, 2.75) is 39.6 Å². The highest BCUT2D eigenvalue weighted by atomic mass is 16.7. The molecule has 1 saturated heterocycles. The van der Waals surface area contributed by atoms with Crippen LogP contribution in [0.1, 0.15) is 25.2 Å². The van der Waals surface area contributed by atoms with Crippen LogP contribution in [0.4, 0.5) is 5.82 Å². The topological polar surface area (TPSA) is 56.3 Å². The average molecular weight is 237 g/mol. The van der Waals surface area contributed by atoms with Crippen molar-refractivity contribution in [3.05, 3.63) is 17.6 Å². The van der Waals surface area contributed by atoms with Gasteiger partial charge in [-0.05, 0) is 27.7 Å². The molecule has 1 aliphatic heterocycles. The van der Waals surface area contributed by atoms with Gasteiger partial charge in [-0.25, -0.2) is 4.98 Å². The van der Waals surface area contributed by atoms with Crippen LogP contribution < -0.4 is 5.32 Å². The number of nitrogens with zero attached hydrogens (tertiary/aromatic N) is 2. The van der Waals surface area contributed by atoms with Crippen molar-refractivity contribution >= 4 is 5.82 Å². The van der Waals surface area contributed by atoms with Crippen LogP contribution in [-0.4, -0.2) is 35.0 Å². The molecule has 0 aliphatic carbocycles. The van der Waals surface area contributed by atoms with E-state index < -0.39 is 5.79 Å². The van der Waals surface area contributed by atoms with Gasteiger partial charge in [0.25, 0.3) is 0 Å². The monoisotopic (exact) mass is 237 g/mol. The summed E-state index contributed by atoms with van der Waals surface area (Å²) in [5, 5.41) is 3.25. The first kappa shape index (κ1) is 12.3. The summed E-state index contributed by atoms with van der Waals surface area (Å²) in [5.41, 5.74) is 1.80. The van der Waals surface area contributed by atoms with Crippen molar-refractivity contribution in [1.82, 2.24) is 9.97 Å². The molecule has 0 bridgehead atoms. The number of anilines is 1. The molecular formula is C12H19N3O2. The van der Waals surface area contributed by atoms with E-state index in [1.807, 2.05) is 27.7 Å². The van der Waals surface area contributed by atoms with E-state index in [-0.39, 0.29) is 6.10 Å².